The van der Waals surface area contributed by atoms with Crippen LogP contribution in [0.1, 0.15) is 21.7 Å². The molecule has 1 aliphatic rings. The van der Waals surface area contributed by atoms with Gasteiger partial charge in [0.15, 0.2) is 10.9 Å². The van der Waals surface area contributed by atoms with Crippen LogP contribution >= 0.6 is 11.3 Å². The molecule has 0 atom stereocenters. The van der Waals surface area contributed by atoms with Gasteiger partial charge in [0.2, 0.25) is 0 Å². The average Bonchev–Trinajstić information content (AvgIpc) is 3.17. The Labute approximate surface area is 146 Å². The van der Waals surface area contributed by atoms with Crippen LogP contribution in [-0.2, 0) is 0 Å². The molecule has 6 nitrogen and oxygen atoms in total. The molecule has 0 unspecified atom stereocenters. The van der Waals surface area contributed by atoms with Crippen molar-refractivity contribution < 1.29 is 9.90 Å². The molecule has 7 heteroatoms. The highest BCUT2D eigenvalue weighted by Crippen LogP contribution is 2.22. The molecule has 1 saturated heterocycles. The number of β-amino-alcohol motifs (C(OH)–C–C–N with tert-alkyl or cyclic N) is 1. The van der Waals surface area contributed by atoms with E-state index in [1.807, 2.05) is 25.3 Å². The van der Waals surface area contributed by atoms with Crippen molar-refractivity contribution in [2.75, 3.05) is 45.9 Å². The fourth-order valence-corrected chi connectivity index (χ4v) is 4.02. The largest absolute Gasteiger partial charge is 0.395 e. The lowest BCUT2D eigenvalue weighted by Crippen LogP contribution is -2.48. The first-order chi connectivity index (χ1) is 11.6. The summed E-state index contributed by atoms with van der Waals surface area (Å²) in [5, 5.41) is 11.9. The molecular formula is C17H24N4O2S. The quantitative estimate of drug-likeness (QED) is 0.799. The number of aliphatic hydroxyl groups is 1. The molecular weight excluding hydrogens is 324 g/mol. The lowest BCUT2D eigenvalue weighted by molar-refractivity contribution is 0.0822. The molecule has 2 aromatic rings. The van der Waals surface area contributed by atoms with E-state index in [0.29, 0.717) is 6.54 Å². The van der Waals surface area contributed by atoms with E-state index in [-0.39, 0.29) is 12.4 Å². The Bertz CT molecular complexity index is 688. The van der Waals surface area contributed by atoms with Gasteiger partial charge in [0.25, 0.3) is 0 Å². The van der Waals surface area contributed by atoms with Gasteiger partial charge in [0.1, 0.15) is 0 Å². The molecule has 0 aliphatic carbocycles. The van der Waals surface area contributed by atoms with Gasteiger partial charge in [-0.2, -0.15) is 0 Å². The van der Waals surface area contributed by atoms with Crippen LogP contribution in [0.25, 0.3) is 5.13 Å². The normalized spacial score (nSPS) is 16.6. The van der Waals surface area contributed by atoms with Crippen LogP contribution in [0.15, 0.2) is 17.6 Å². The second-order valence-electron chi connectivity index (χ2n) is 6.20. The predicted octanol–water partition coefficient (Wildman–Crippen LogP) is 1.34. The lowest BCUT2D eigenvalue weighted by atomic mass is 10.1. The number of aryl methyl sites for hydroxylation is 1. The smallest absolute Gasteiger partial charge is 0.193 e. The minimum atomic E-state index is 0.168. The third kappa shape index (κ3) is 3.59. The zero-order chi connectivity index (χ0) is 17.1. The third-order valence-electron chi connectivity index (χ3n) is 4.59. The minimum Gasteiger partial charge on any atom is -0.395 e. The highest BCUT2D eigenvalue weighted by Gasteiger charge is 2.22. The second kappa shape index (κ2) is 7.57. The van der Waals surface area contributed by atoms with Crippen molar-refractivity contribution in [1.82, 2.24) is 19.4 Å². The van der Waals surface area contributed by atoms with Gasteiger partial charge in [-0.15, -0.1) is 11.3 Å². The van der Waals surface area contributed by atoms with E-state index in [1.165, 1.54) is 0 Å². The SMILES string of the molecule is Cc1cc(C(=O)CN2CCN(CCO)CC2)c(C)n1-c1nccs1. The molecule has 0 radical (unpaired) electrons. The van der Waals surface area contributed by atoms with Crippen molar-refractivity contribution in [2.45, 2.75) is 13.8 Å². The summed E-state index contributed by atoms with van der Waals surface area (Å²) in [4.78, 5) is 21.5. The fraction of sp³-hybridized carbons (Fsp3) is 0.529. The van der Waals surface area contributed by atoms with E-state index in [4.69, 9.17) is 5.11 Å². The Hall–Kier alpha value is -1.54. The van der Waals surface area contributed by atoms with Crippen LogP contribution in [0.4, 0.5) is 0 Å². The number of carbonyl (C=O) groups excluding carboxylic acids is 1. The summed E-state index contributed by atoms with van der Waals surface area (Å²) in [6, 6.07) is 1.97. The summed E-state index contributed by atoms with van der Waals surface area (Å²) in [6.45, 7) is 8.93. The Balaban J connectivity index is 1.67. The second-order valence-corrected chi connectivity index (χ2v) is 7.07. The minimum absolute atomic E-state index is 0.168. The monoisotopic (exact) mass is 348 g/mol. The van der Waals surface area contributed by atoms with E-state index in [0.717, 1.165) is 54.8 Å². The van der Waals surface area contributed by atoms with Gasteiger partial charge in [-0.3, -0.25) is 19.2 Å². The van der Waals surface area contributed by atoms with Gasteiger partial charge in [0.05, 0.1) is 13.2 Å². The molecule has 0 spiro atoms. The molecule has 0 saturated carbocycles. The van der Waals surface area contributed by atoms with E-state index in [1.54, 1.807) is 17.5 Å². The maximum absolute atomic E-state index is 12.8. The molecule has 0 bridgehead atoms. The number of rotatable bonds is 6. The molecule has 1 N–H and O–H groups in total. The van der Waals surface area contributed by atoms with Gasteiger partial charge in [-0.05, 0) is 19.9 Å². The summed E-state index contributed by atoms with van der Waals surface area (Å²) in [6.07, 6.45) is 1.78. The number of piperazine rings is 1. The zero-order valence-corrected chi connectivity index (χ0v) is 15.1. The number of ketones is 1. The van der Waals surface area contributed by atoms with Gasteiger partial charge < -0.3 is 5.11 Å². The highest BCUT2D eigenvalue weighted by molar-refractivity contribution is 7.12. The van der Waals surface area contributed by atoms with Crippen LogP contribution in [0.5, 0.6) is 0 Å². The first kappa shape index (κ1) is 17.3. The number of aromatic nitrogens is 2. The van der Waals surface area contributed by atoms with Crippen LogP contribution < -0.4 is 0 Å². The summed E-state index contributed by atoms with van der Waals surface area (Å²) in [5.74, 6) is 0.168. The molecule has 3 rings (SSSR count). The summed E-state index contributed by atoms with van der Waals surface area (Å²) < 4.78 is 2.05. The van der Waals surface area contributed by atoms with Gasteiger partial charge in [-0.25, -0.2) is 4.98 Å². The standard InChI is InChI=1S/C17H24N4O2S/c1-13-11-15(14(2)21(13)17-18-3-10-24-17)16(23)12-20-6-4-19(5-7-20)8-9-22/h3,10-11,22H,4-9,12H2,1-2H3. The first-order valence-corrected chi connectivity index (χ1v) is 9.15. The maximum atomic E-state index is 12.8. The van der Waals surface area contributed by atoms with Crippen molar-refractivity contribution in [3.8, 4) is 5.13 Å². The average molecular weight is 348 g/mol. The Morgan fingerprint density at radius 1 is 1.25 bits per heavy atom. The number of hydrogen-bond acceptors (Lipinski definition) is 6. The van der Waals surface area contributed by atoms with Gasteiger partial charge in [0, 0.05) is 61.3 Å². The van der Waals surface area contributed by atoms with Crippen molar-refractivity contribution in [2.24, 2.45) is 0 Å². The number of Topliss-reactive ketones (excluding diaryl/α,β-unsaturated/α-hetero) is 1. The molecule has 3 heterocycles. The summed E-state index contributed by atoms with van der Waals surface area (Å²) >= 11 is 1.57. The van der Waals surface area contributed by atoms with E-state index < -0.39 is 0 Å². The van der Waals surface area contributed by atoms with Crippen LogP contribution in [0.2, 0.25) is 0 Å². The fourth-order valence-electron chi connectivity index (χ4n) is 3.27. The van der Waals surface area contributed by atoms with Crippen molar-refractivity contribution in [3.05, 3.63) is 34.6 Å². The van der Waals surface area contributed by atoms with Crippen LogP contribution in [0.3, 0.4) is 0 Å². The van der Waals surface area contributed by atoms with Crippen molar-refractivity contribution in [3.63, 3.8) is 0 Å². The molecule has 1 fully saturated rings. The Morgan fingerprint density at radius 3 is 2.58 bits per heavy atom. The molecule has 2 aromatic heterocycles. The molecule has 24 heavy (non-hydrogen) atoms. The summed E-state index contributed by atoms with van der Waals surface area (Å²) in [5.41, 5.74) is 2.80. The third-order valence-corrected chi connectivity index (χ3v) is 5.35. The van der Waals surface area contributed by atoms with E-state index in [2.05, 4.69) is 19.4 Å². The number of aliphatic hydroxyl groups excluding tert-OH is 1. The van der Waals surface area contributed by atoms with Gasteiger partial charge >= 0.3 is 0 Å². The van der Waals surface area contributed by atoms with Gasteiger partial charge in [-0.1, -0.05) is 0 Å². The van der Waals surface area contributed by atoms with Crippen molar-refractivity contribution >= 4 is 17.1 Å². The van der Waals surface area contributed by atoms with Crippen LogP contribution in [-0.4, -0.2) is 76.1 Å². The lowest BCUT2D eigenvalue weighted by Gasteiger charge is -2.33. The highest BCUT2D eigenvalue weighted by atomic mass is 32.1. The van der Waals surface area contributed by atoms with Crippen LogP contribution in [0, 0.1) is 13.8 Å². The topological polar surface area (TPSA) is 61.6 Å². The first-order valence-electron chi connectivity index (χ1n) is 8.27. The van der Waals surface area contributed by atoms with E-state index >= 15 is 0 Å². The Morgan fingerprint density at radius 2 is 1.96 bits per heavy atom. The van der Waals surface area contributed by atoms with E-state index in [9.17, 15) is 4.79 Å². The predicted molar refractivity (Wildman–Crippen MR) is 95.2 cm³/mol. The number of carbonyl (C=O) groups is 1. The molecule has 130 valence electrons. The Kier molecular flexibility index (Phi) is 5.45. The number of nitrogens with zero attached hydrogens (tertiary/aromatic N) is 4. The zero-order valence-electron chi connectivity index (χ0n) is 14.2. The maximum Gasteiger partial charge on any atom is 0.193 e. The summed E-state index contributed by atoms with van der Waals surface area (Å²) in [7, 11) is 0. The molecule has 0 amide bonds. The number of hydrogen-bond donors (Lipinski definition) is 1. The molecule has 0 aromatic carbocycles. The van der Waals surface area contributed by atoms with Crippen molar-refractivity contribution in [1.29, 1.82) is 0 Å². The molecule has 1 aliphatic heterocycles. The number of thiazole rings is 1.